The van der Waals surface area contributed by atoms with Gasteiger partial charge in [0.15, 0.2) is 0 Å². The van der Waals surface area contributed by atoms with Crippen LogP contribution in [0.3, 0.4) is 0 Å². The van der Waals surface area contributed by atoms with Crippen molar-refractivity contribution < 1.29 is 4.79 Å². The van der Waals surface area contributed by atoms with Gasteiger partial charge in [0.25, 0.3) is 0 Å². The zero-order valence-electron chi connectivity index (χ0n) is 11.4. The first kappa shape index (κ1) is 12.6. The molecule has 17 heavy (non-hydrogen) atoms. The summed E-state index contributed by atoms with van der Waals surface area (Å²) >= 11 is 0. The maximum absolute atomic E-state index is 11.8. The van der Waals surface area contributed by atoms with Crippen LogP contribution < -0.4 is 5.32 Å². The summed E-state index contributed by atoms with van der Waals surface area (Å²) in [5.41, 5.74) is 0.469. The van der Waals surface area contributed by atoms with Crippen LogP contribution in [-0.4, -0.2) is 17.8 Å². The lowest BCUT2D eigenvalue weighted by Crippen LogP contribution is -2.36. The molecular formula is C14H24N2O. The minimum atomic E-state index is -0.153. The van der Waals surface area contributed by atoms with Gasteiger partial charge in [-0.2, -0.15) is 0 Å². The van der Waals surface area contributed by atoms with Crippen LogP contribution in [0.1, 0.15) is 53.4 Å². The molecule has 0 aromatic rings. The molecule has 0 aromatic heterocycles. The Labute approximate surface area is 104 Å². The fraction of sp³-hybridized carbons (Fsp3) is 0.857. The van der Waals surface area contributed by atoms with Gasteiger partial charge in [0, 0.05) is 5.92 Å². The van der Waals surface area contributed by atoms with Crippen LogP contribution in [-0.2, 0) is 4.79 Å². The van der Waals surface area contributed by atoms with Gasteiger partial charge in [0.1, 0.15) is 11.9 Å². The van der Waals surface area contributed by atoms with Crippen LogP contribution in [0.25, 0.3) is 0 Å². The molecule has 96 valence electrons. The summed E-state index contributed by atoms with van der Waals surface area (Å²) in [5.74, 6) is 1.84. The highest BCUT2D eigenvalue weighted by atomic mass is 16.2. The van der Waals surface area contributed by atoms with E-state index < -0.39 is 0 Å². The van der Waals surface area contributed by atoms with Gasteiger partial charge in [-0.1, -0.05) is 27.7 Å². The SMILES string of the molecule is CC(C)C1N=C(C2CCC(C)(C)CC2)NC1=O. The molecule has 1 fully saturated rings. The number of hydrogen-bond acceptors (Lipinski definition) is 2. The summed E-state index contributed by atoms with van der Waals surface area (Å²) in [7, 11) is 0. The van der Waals surface area contributed by atoms with Gasteiger partial charge < -0.3 is 5.32 Å². The molecule has 1 aliphatic heterocycles. The van der Waals surface area contributed by atoms with E-state index in [4.69, 9.17) is 0 Å². The highest BCUT2D eigenvalue weighted by Gasteiger charge is 2.35. The van der Waals surface area contributed by atoms with Crippen molar-refractivity contribution in [2.24, 2.45) is 22.2 Å². The number of amidine groups is 1. The number of carbonyl (C=O) groups excluding carboxylic acids is 1. The van der Waals surface area contributed by atoms with Crippen molar-refractivity contribution in [1.82, 2.24) is 5.32 Å². The molecule has 0 radical (unpaired) electrons. The van der Waals surface area contributed by atoms with E-state index >= 15 is 0 Å². The van der Waals surface area contributed by atoms with Crippen LogP contribution in [0.5, 0.6) is 0 Å². The van der Waals surface area contributed by atoms with E-state index in [9.17, 15) is 4.79 Å². The Morgan fingerprint density at radius 1 is 1.29 bits per heavy atom. The summed E-state index contributed by atoms with van der Waals surface area (Å²) in [4.78, 5) is 16.4. The predicted octanol–water partition coefficient (Wildman–Crippen LogP) is 2.76. The van der Waals surface area contributed by atoms with E-state index in [1.807, 2.05) is 0 Å². The van der Waals surface area contributed by atoms with Crippen LogP contribution in [0, 0.1) is 17.3 Å². The number of nitrogens with zero attached hydrogens (tertiary/aromatic N) is 1. The topological polar surface area (TPSA) is 41.5 Å². The van der Waals surface area contributed by atoms with Crippen LogP contribution in [0.15, 0.2) is 4.99 Å². The molecular weight excluding hydrogens is 212 g/mol. The largest absolute Gasteiger partial charge is 0.312 e. The van der Waals surface area contributed by atoms with Crippen LogP contribution >= 0.6 is 0 Å². The zero-order valence-corrected chi connectivity index (χ0v) is 11.4. The number of carbonyl (C=O) groups is 1. The van der Waals surface area contributed by atoms with E-state index in [-0.39, 0.29) is 11.9 Å². The maximum Gasteiger partial charge on any atom is 0.250 e. The highest BCUT2D eigenvalue weighted by Crippen LogP contribution is 2.38. The van der Waals surface area contributed by atoms with Crippen molar-refractivity contribution in [3.05, 3.63) is 0 Å². The Morgan fingerprint density at radius 2 is 1.88 bits per heavy atom. The quantitative estimate of drug-likeness (QED) is 0.787. The second-order valence-corrected chi connectivity index (χ2v) is 6.63. The van der Waals surface area contributed by atoms with Crippen LogP contribution in [0.2, 0.25) is 0 Å². The highest BCUT2D eigenvalue weighted by molar-refractivity contribution is 6.06. The molecule has 1 unspecified atom stereocenters. The third-order valence-electron chi connectivity index (χ3n) is 4.16. The summed E-state index contributed by atoms with van der Waals surface area (Å²) < 4.78 is 0. The van der Waals surface area contributed by atoms with Crippen molar-refractivity contribution in [2.45, 2.75) is 59.4 Å². The van der Waals surface area contributed by atoms with Crippen molar-refractivity contribution in [1.29, 1.82) is 0 Å². The smallest absolute Gasteiger partial charge is 0.250 e. The molecule has 1 atom stereocenters. The maximum atomic E-state index is 11.8. The number of rotatable bonds is 2. The number of nitrogens with one attached hydrogen (secondary N) is 1. The predicted molar refractivity (Wildman–Crippen MR) is 69.9 cm³/mol. The normalized spacial score (nSPS) is 29.4. The van der Waals surface area contributed by atoms with E-state index in [1.54, 1.807) is 0 Å². The molecule has 1 aliphatic carbocycles. The zero-order chi connectivity index (χ0) is 12.6. The van der Waals surface area contributed by atoms with Gasteiger partial charge in [-0.25, -0.2) is 0 Å². The minimum absolute atomic E-state index is 0.0971. The second-order valence-electron chi connectivity index (χ2n) is 6.63. The second kappa shape index (κ2) is 4.43. The number of amides is 1. The fourth-order valence-electron chi connectivity index (χ4n) is 2.77. The molecule has 3 nitrogen and oxygen atoms in total. The van der Waals surface area contributed by atoms with E-state index in [0.717, 1.165) is 18.7 Å². The lowest BCUT2D eigenvalue weighted by Gasteiger charge is -2.34. The van der Waals surface area contributed by atoms with Gasteiger partial charge in [0.05, 0.1) is 0 Å². The Morgan fingerprint density at radius 3 is 2.35 bits per heavy atom. The van der Waals surface area contributed by atoms with Gasteiger partial charge in [0.2, 0.25) is 5.91 Å². The van der Waals surface area contributed by atoms with Gasteiger partial charge in [-0.05, 0) is 37.0 Å². The Kier molecular flexibility index (Phi) is 3.28. The fourth-order valence-corrected chi connectivity index (χ4v) is 2.77. The lowest BCUT2D eigenvalue weighted by atomic mass is 9.73. The molecule has 2 aliphatic rings. The Hall–Kier alpha value is -0.860. The molecule has 0 spiro atoms. The molecule has 0 aromatic carbocycles. The average molecular weight is 236 g/mol. The van der Waals surface area contributed by atoms with Crippen molar-refractivity contribution in [3.8, 4) is 0 Å². The standard InChI is InChI=1S/C14H24N2O/c1-9(2)11-13(17)16-12(15-11)10-5-7-14(3,4)8-6-10/h9-11H,5-8H2,1-4H3,(H,15,16,17). The molecule has 0 bridgehead atoms. The molecule has 1 saturated carbocycles. The molecule has 1 heterocycles. The Bertz CT molecular complexity index is 334. The van der Waals surface area contributed by atoms with Gasteiger partial charge in [-0.15, -0.1) is 0 Å². The number of hydrogen-bond donors (Lipinski definition) is 1. The van der Waals surface area contributed by atoms with E-state index in [2.05, 4.69) is 38.0 Å². The number of aliphatic imine (C=N–C) groups is 1. The van der Waals surface area contributed by atoms with Gasteiger partial charge in [-0.3, -0.25) is 9.79 Å². The summed E-state index contributed by atoms with van der Waals surface area (Å²) in [6.45, 7) is 8.77. The molecule has 3 heteroatoms. The molecule has 0 saturated heterocycles. The van der Waals surface area contributed by atoms with Crippen LogP contribution in [0.4, 0.5) is 0 Å². The first-order valence-electron chi connectivity index (χ1n) is 6.77. The third-order valence-corrected chi connectivity index (χ3v) is 4.16. The van der Waals surface area contributed by atoms with E-state index in [1.165, 1.54) is 12.8 Å². The summed E-state index contributed by atoms with van der Waals surface area (Å²) in [5, 5.41) is 2.99. The lowest BCUT2D eigenvalue weighted by molar-refractivity contribution is -0.120. The first-order valence-corrected chi connectivity index (χ1v) is 6.77. The first-order chi connectivity index (χ1) is 7.89. The third kappa shape index (κ3) is 2.70. The average Bonchev–Trinajstić information content (AvgIpc) is 2.60. The van der Waals surface area contributed by atoms with Crippen molar-refractivity contribution in [3.63, 3.8) is 0 Å². The summed E-state index contributed by atoms with van der Waals surface area (Å²) in [6.07, 6.45) is 4.80. The molecule has 2 rings (SSSR count). The Balaban J connectivity index is 2.01. The molecule has 1 amide bonds. The minimum Gasteiger partial charge on any atom is -0.312 e. The van der Waals surface area contributed by atoms with Crippen molar-refractivity contribution >= 4 is 11.7 Å². The van der Waals surface area contributed by atoms with Crippen molar-refractivity contribution in [2.75, 3.05) is 0 Å². The monoisotopic (exact) mass is 236 g/mol. The van der Waals surface area contributed by atoms with Gasteiger partial charge >= 0.3 is 0 Å². The summed E-state index contributed by atoms with van der Waals surface area (Å²) in [6, 6.07) is -0.153. The molecule has 1 N–H and O–H groups in total. The van der Waals surface area contributed by atoms with E-state index in [0.29, 0.717) is 17.3 Å².